The average molecular weight is 415 g/mol. The molecule has 0 aliphatic carbocycles. The standard InChI is InChI=1S/C20H18FN3O4S/c21-15-2-1-3-16(13-15)24-9-8-22-20(24)29(26,27)11-10-28-17-5-6-18-14(12-17)4-7-19(25)23-18/h1-3,5-6,8-9,12-13H,4,7,10-11H2,(H,23,25). The van der Waals surface area contributed by atoms with Crippen molar-refractivity contribution in [2.24, 2.45) is 0 Å². The number of amides is 1. The molecule has 1 amide bonds. The molecule has 4 rings (SSSR count). The molecule has 9 heteroatoms. The second kappa shape index (κ2) is 7.67. The number of hydrogen-bond acceptors (Lipinski definition) is 5. The second-order valence-electron chi connectivity index (χ2n) is 6.59. The fourth-order valence-corrected chi connectivity index (χ4v) is 4.33. The Kier molecular flexibility index (Phi) is 5.06. The van der Waals surface area contributed by atoms with E-state index >= 15 is 0 Å². The molecule has 0 bridgehead atoms. The number of nitrogens with zero attached hydrogens (tertiary/aromatic N) is 2. The molecule has 3 aromatic rings. The van der Waals surface area contributed by atoms with Crippen molar-refractivity contribution in [2.75, 3.05) is 17.7 Å². The van der Waals surface area contributed by atoms with Crippen LogP contribution in [0.15, 0.2) is 60.0 Å². The monoisotopic (exact) mass is 415 g/mol. The second-order valence-corrected chi connectivity index (χ2v) is 8.60. The Hall–Kier alpha value is -3.20. The van der Waals surface area contributed by atoms with Crippen molar-refractivity contribution in [2.45, 2.75) is 18.0 Å². The van der Waals surface area contributed by atoms with Gasteiger partial charge >= 0.3 is 0 Å². The minimum absolute atomic E-state index is 0.0222. The SMILES string of the molecule is O=C1CCc2cc(OCCS(=O)(=O)c3nccn3-c3cccc(F)c3)ccc2N1. The topological polar surface area (TPSA) is 90.3 Å². The molecule has 1 aliphatic heterocycles. The molecule has 1 aliphatic rings. The number of benzene rings is 2. The van der Waals surface area contributed by atoms with E-state index in [-0.39, 0.29) is 23.4 Å². The summed E-state index contributed by atoms with van der Waals surface area (Å²) >= 11 is 0. The molecule has 7 nitrogen and oxygen atoms in total. The van der Waals surface area contributed by atoms with Crippen molar-refractivity contribution < 1.29 is 22.3 Å². The lowest BCUT2D eigenvalue weighted by Crippen LogP contribution is -2.19. The maximum absolute atomic E-state index is 13.5. The minimum Gasteiger partial charge on any atom is -0.493 e. The molecule has 0 atom stereocenters. The maximum Gasteiger partial charge on any atom is 0.232 e. The van der Waals surface area contributed by atoms with E-state index in [1.54, 1.807) is 24.3 Å². The van der Waals surface area contributed by atoms with Gasteiger partial charge in [0.2, 0.25) is 20.9 Å². The highest BCUT2D eigenvalue weighted by Gasteiger charge is 2.22. The van der Waals surface area contributed by atoms with E-state index < -0.39 is 15.7 Å². The summed E-state index contributed by atoms with van der Waals surface area (Å²) in [5, 5.41) is 2.62. The van der Waals surface area contributed by atoms with Gasteiger partial charge in [0, 0.05) is 24.5 Å². The summed E-state index contributed by atoms with van der Waals surface area (Å²) in [5.74, 6) is -0.242. The number of aryl methyl sites for hydroxylation is 1. The Balaban J connectivity index is 1.46. The highest BCUT2D eigenvalue weighted by Crippen LogP contribution is 2.27. The molecule has 2 heterocycles. The largest absolute Gasteiger partial charge is 0.493 e. The summed E-state index contributed by atoms with van der Waals surface area (Å²) in [6.45, 7) is -0.0660. The Morgan fingerprint density at radius 1 is 1.17 bits per heavy atom. The molecule has 0 fully saturated rings. The van der Waals surface area contributed by atoms with Gasteiger partial charge in [0.15, 0.2) is 0 Å². The summed E-state index contributed by atoms with van der Waals surface area (Å²) < 4.78 is 45.9. The van der Waals surface area contributed by atoms with Crippen LogP contribution >= 0.6 is 0 Å². The van der Waals surface area contributed by atoms with Gasteiger partial charge in [-0.2, -0.15) is 0 Å². The van der Waals surface area contributed by atoms with Gasteiger partial charge in [0.1, 0.15) is 18.2 Å². The Labute approximate surface area is 167 Å². The highest BCUT2D eigenvalue weighted by atomic mass is 32.2. The Bertz CT molecular complexity index is 1170. The minimum atomic E-state index is -3.76. The molecule has 0 spiro atoms. The number of carbonyl (C=O) groups is 1. The number of rotatable bonds is 6. The van der Waals surface area contributed by atoms with Crippen LogP contribution in [0.25, 0.3) is 5.69 Å². The van der Waals surface area contributed by atoms with Crippen LogP contribution in [0, 0.1) is 5.82 Å². The number of fused-ring (bicyclic) bond motifs is 1. The summed E-state index contributed by atoms with van der Waals surface area (Å²) in [6.07, 6.45) is 3.85. The fourth-order valence-electron chi connectivity index (χ4n) is 3.15. The number of sulfone groups is 1. The number of ether oxygens (including phenoxy) is 1. The molecule has 150 valence electrons. The molecule has 1 N–H and O–H groups in total. The van der Waals surface area contributed by atoms with Gasteiger partial charge in [-0.15, -0.1) is 0 Å². The van der Waals surface area contributed by atoms with E-state index in [2.05, 4.69) is 10.3 Å². The van der Waals surface area contributed by atoms with Gasteiger partial charge in [-0.05, 0) is 48.4 Å². The predicted molar refractivity (Wildman–Crippen MR) is 104 cm³/mol. The molecule has 1 aromatic heterocycles. The molecular weight excluding hydrogens is 397 g/mol. The highest BCUT2D eigenvalue weighted by molar-refractivity contribution is 7.91. The average Bonchev–Trinajstić information content (AvgIpc) is 3.19. The van der Waals surface area contributed by atoms with Crippen LogP contribution in [0.1, 0.15) is 12.0 Å². The first-order valence-corrected chi connectivity index (χ1v) is 10.7. The van der Waals surface area contributed by atoms with Gasteiger partial charge in [0.05, 0.1) is 11.4 Å². The number of hydrogen-bond donors (Lipinski definition) is 1. The Morgan fingerprint density at radius 3 is 2.86 bits per heavy atom. The van der Waals surface area contributed by atoms with Gasteiger partial charge in [0.25, 0.3) is 0 Å². The molecule has 0 unspecified atom stereocenters. The summed E-state index contributed by atoms with van der Waals surface area (Å²) in [7, 11) is -3.76. The van der Waals surface area contributed by atoms with Crippen molar-refractivity contribution in [3.05, 3.63) is 66.2 Å². The van der Waals surface area contributed by atoms with E-state index in [0.29, 0.717) is 24.3 Å². The number of carbonyl (C=O) groups excluding carboxylic acids is 1. The molecule has 2 aromatic carbocycles. The third-order valence-corrected chi connectivity index (χ3v) is 6.13. The molecule has 29 heavy (non-hydrogen) atoms. The van der Waals surface area contributed by atoms with Gasteiger partial charge < -0.3 is 10.1 Å². The number of aromatic nitrogens is 2. The lowest BCUT2D eigenvalue weighted by Gasteiger charge is -2.17. The fraction of sp³-hybridized carbons (Fsp3) is 0.200. The van der Waals surface area contributed by atoms with Gasteiger partial charge in [-0.25, -0.2) is 17.8 Å². The van der Waals surface area contributed by atoms with E-state index in [1.165, 1.54) is 35.2 Å². The predicted octanol–water partition coefficient (Wildman–Crippen LogP) is 2.75. The smallest absolute Gasteiger partial charge is 0.232 e. The van der Waals surface area contributed by atoms with Crippen molar-refractivity contribution in [1.82, 2.24) is 9.55 Å². The summed E-state index contributed by atoms with van der Waals surface area (Å²) in [6, 6.07) is 10.9. The van der Waals surface area contributed by atoms with Crippen LogP contribution in [0.2, 0.25) is 0 Å². The molecule has 0 radical (unpaired) electrons. The quantitative estimate of drug-likeness (QED) is 0.669. The van der Waals surface area contributed by atoms with Gasteiger partial charge in [-0.3, -0.25) is 9.36 Å². The van der Waals surface area contributed by atoms with E-state index in [1.807, 2.05) is 0 Å². The third-order valence-electron chi connectivity index (χ3n) is 4.56. The van der Waals surface area contributed by atoms with Crippen molar-refractivity contribution >= 4 is 21.4 Å². The maximum atomic E-state index is 13.5. The first-order valence-electron chi connectivity index (χ1n) is 9.00. The number of imidazole rings is 1. The zero-order chi connectivity index (χ0) is 20.4. The van der Waals surface area contributed by atoms with Crippen LogP contribution in [-0.4, -0.2) is 36.2 Å². The van der Waals surface area contributed by atoms with Crippen LogP contribution in [0.3, 0.4) is 0 Å². The van der Waals surface area contributed by atoms with E-state index in [9.17, 15) is 17.6 Å². The van der Waals surface area contributed by atoms with Crippen LogP contribution < -0.4 is 10.1 Å². The first-order chi connectivity index (χ1) is 13.9. The summed E-state index contributed by atoms with van der Waals surface area (Å²) in [4.78, 5) is 15.4. The van der Waals surface area contributed by atoms with Crippen LogP contribution in [-0.2, 0) is 21.1 Å². The summed E-state index contributed by atoms with van der Waals surface area (Å²) in [5.41, 5.74) is 2.07. The lowest BCUT2D eigenvalue weighted by atomic mass is 10.0. The molecule has 0 saturated carbocycles. The van der Waals surface area contributed by atoms with Crippen LogP contribution in [0.4, 0.5) is 10.1 Å². The van der Waals surface area contributed by atoms with E-state index in [0.717, 1.165) is 11.3 Å². The zero-order valence-electron chi connectivity index (χ0n) is 15.3. The third kappa shape index (κ3) is 4.14. The van der Waals surface area contributed by atoms with Gasteiger partial charge in [-0.1, -0.05) is 6.07 Å². The van der Waals surface area contributed by atoms with E-state index in [4.69, 9.17) is 4.74 Å². The Morgan fingerprint density at radius 2 is 2.03 bits per heavy atom. The van der Waals surface area contributed by atoms with Crippen molar-refractivity contribution in [3.63, 3.8) is 0 Å². The lowest BCUT2D eigenvalue weighted by molar-refractivity contribution is -0.116. The number of anilines is 1. The zero-order valence-corrected chi connectivity index (χ0v) is 16.2. The normalized spacial score (nSPS) is 13.6. The molecular formula is C20H18FN3O4S. The van der Waals surface area contributed by atoms with Crippen LogP contribution in [0.5, 0.6) is 5.75 Å². The number of halogens is 1. The number of nitrogens with one attached hydrogen (secondary N) is 1. The van der Waals surface area contributed by atoms with Crippen molar-refractivity contribution in [1.29, 1.82) is 0 Å². The van der Waals surface area contributed by atoms with Crippen molar-refractivity contribution in [3.8, 4) is 11.4 Å². The first kappa shape index (κ1) is 19.1. The molecule has 0 saturated heterocycles.